The summed E-state index contributed by atoms with van der Waals surface area (Å²) in [6.07, 6.45) is -0.321. The molecule has 19 heavy (non-hydrogen) atoms. The number of hydrogen-bond acceptors (Lipinski definition) is 4. The van der Waals surface area contributed by atoms with Gasteiger partial charge in [0.1, 0.15) is 6.61 Å². The van der Waals surface area contributed by atoms with Crippen LogP contribution in [0.5, 0.6) is 0 Å². The summed E-state index contributed by atoms with van der Waals surface area (Å²) in [7, 11) is 0. The summed E-state index contributed by atoms with van der Waals surface area (Å²) in [5, 5.41) is 12.2. The molecule has 1 amide bonds. The Balaban J connectivity index is 0.00000180. The molecular formula is C13H19ClN2O3. The van der Waals surface area contributed by atoms with Gasteiger partial charge >= 0.3 is 6.09 Å². The fraction of sp³-hybridized carbons (Fsp3) is 0.462. The predicted octanol–water partition coefficient (Wildman–Crippen LogP) is 1.01. The molecule has 1 aromatic carbocycles. The number of amides is 1. The van der Waals surface area contributed by atoms with E-state index >= 15 is 0 Å². The van der Waals surface area contributed by atoms with Crippen molar-refractivity contribution >= 4 is 18.5 Å². The Morgan fingerprint density at radius 1 is 1.42 bits per heavy atom. The average Bonchev–Trinajstić information content (AvgIpc) is 2.46. The summed E-state index contributed by atoms with van der Waals surface area (Å²) in [5.41, 5.74) is 0.972. The third kappa shape index (κ3) is 4.70. The monoisotopic (exact) mass is 286 g/mol. The molecule has 0 aliphatic carbocycles. The molecule has 1 aromatic rings. The minimum atomic E-state index is -0.321. The number of halogens is 1. The Kier molecular flexibility index (Phi) is 6.62. The lowest BCUT2D eigenvalue weighted by Crippen LogP contribution is -2.54. The maximum Gasteiger partial charge on any atom is 0.410 e. The van der Waals surface area contributed by atoms with Crippen LogP contribution in [0, 0.1) is 0 Å². The maximum absolute atomic E-state index is 11.8. The molecule has 1 saturated heterocycles. The third-order valence-electron chi connectivity index (χ3n) is 2.94. The van der Waals surface area contributed by atoms with E-state index in [2.05, 4.69) is 5.32 Å². The van der Waals surface area contributed by atoms with Crippen LogP contribution in [0.1, 0.15) is 5.56 Å². The van der Waals surface area contributed by atoms with Gasteiger partial charge in [-0.25, -0.2) is 4.79 Å². The third-order valence-corrected chi connectivity index (χ3v) is 2.94. The molecule has 0 unspecified atom stereocenters. The maximum atomic E-state index is 11.8. The van der Waals surface area contributed by atoms with Crippen molar-refractivity contribution in [3.8, 4) is 0 Å². The number of ether oxygens (including phenoxy) is 1. The molecule has 1 aliphatic rings. The minimum absolute atomic E-state index is 0. The number of carbonyl (C=O) groups excluding carboxylic acids is 1. The normalized spacial score (nSPS) is 18.6. The number of nitrogens with zero attached hydrogens (tertiary/aromatic N) is 1. The largest absolute Gasteiger partial charge is 0.445 e. The second-order valence-corrected chi connectivity index (χ2v) is 4.32. The van der Waals surface area contributed by atoms with E-state index in [4.69, 9.17) is 9.84 Å². The zero-order valence-electron chi connectivity index (χ0n) is 10.6. The molecule has 0 radical (unpaired) electrons. The number of aliphatic hydroxyl groups excluding tert-OH is 1. The molecule has 1 fully saturated rings. The van der Waals surface area contributed by atoms with Crippen LogP contribution >= 0.6 is 12.4 Å². The number of piperazine rings is 1. The standard InChI is InChI=1S/C13H18N2O3.ClH/c16-9-12-8-15(7-6-14-12)13(17)18-10-11-4-2-1-3-5-11;/h1-5,12,14,16H,6-10H2;1H/t12-;/m0./s1. The molecule has 106 valence electrons. The van der Waals surface area contributed by atoms with E-state index in [9.17, 15) is 4.79 Å². The first-order valence-electron chi connectivity index (χ1n) is 6.09. The highest BCUT2D eigenvalue weighted by atomic mass is 35.5. The number of benzene rings is 1. The average molecular weight is 287 g/mol. The van der Waals surface area contributed by atoms with Crippen LogP contribution in [0.3, 0.4) is 0 Å². The van der Waals surface area contributed by atoms with Crippen molar-refractivity contribution in [2.45, 2.75) is 12.6 Å². The van der Waals surface area contributed by atoms with Gasteiger partial charge in [-0.05, 0) is 5.56 Å². The molecule has 5 nitrogen and oxygen atoms in total. The molecule has 0 saturated carbocycles. The van der Waals surface area contributed by atoms with E-state index in [1.807, 2.05) is 30.3 Å². The number of rotatable bonds is 3. The van der Waals surface area contributed by atoms with E-state index in [-0.39, 0.29) is 37.8 Å². The van der Waals surface area contributed by atoms with E-state index in [1.54, 1.807) is 4.90 Å². The lowest BCUT2D eigenvalue weighted by atomic mass is 10.2. The molecular weight excluding hydrogens is 268 g/mol. The first kappa shape index (κ1) is 15.8. The lowest BCUT2D eigenvalue weighted by molar-refractivity contribution is 0.0781. The van der Waals surface area contributed by atoms with Crippen LogP contribution in [0.4, 0.5) is 4.79 Å². The highest BCUT2D eigenvalue weighted by molar-refractivity contribution is 5.85. The zero-order chi connectivity index (χ0) is 12.8. The van der Waals surface area contributed by atoms with Gasteiger partial charge < -0.3 is 20.1 Å². The van der Waals surface area contributed by atoms with Crippen LogP contribution in [-0.4, -0.2) is 48.4 Å². The van der Waals surface area contributed by atoms with E-state index in [0.717, 1.165) is 5.56 Å². The molecule has 1 atom stereocenters. The first-order chi connectivity index (χ1) is 8.79. The van der Waals surface area contributed by atoms with Crippen molar-refractivity contribution < 1.29 is 14.6 Å². The second kappa shape index (κ2) is 7.99. The van der Waals surface area contributed by atoms with Crippen molar-refractivity contribution in [2.75, 3.05) is 26.2 Å². The molecule has 0 bridgehead atoms. The summed E-state index contributed by atoms with van der Waals surface area (Å²) in [6.45, 7) is 2.11. The van der Waals surface area contributed by atoms with Gasteiger partial charge in [0.25, 0.3) is 0 Å². The van der Waals surface area contributed by atoms with Crippen LogP contribution in [0.15, 0.2) is 30.3 Å². The van der Waals surface area contributed by atoms with Gasteiger partial charge in [-0.2, -0.15) is 0 Å². The highest BCUT2D eigenvalue weighted by Gasteiger charge is 2.23. The second-order valence-electron chi connectivity index (χ2n) is 4.32. The van der Waals surface area contributed by atoms with Crippen molar-refractivity contribution in [3.05, 3.63) is 35.9 Å². The van der Waals surface area contributed by atoms with Gasteiger partial charge in [-0.3, -0.25) is 0 Å². The van der Waals surface area contributed by atoms with E-state index in [0.29, 0.717) is 19.6 Å². The van der Waals surface area contributed by atoms with Gasteiger partial charge in [0.15, 0.2) is 0 Å². The van der Waals surface area contributed by atoms with E-state index < -0.39 is 0 Å². The molecule has 2 rings (SSSR count). The minimum Gasteiger partial charge on any atom is -0.445 e. The Labute approximate surface area is 119 Å². The van der Waals surface area contributed by atoms with Crippen molar-refractivity contribution in [2.24, 2.45) is 0 Å². The fourth-order valence-electron chi connectivity index (χ4n) is 1.92. The zero-order valence-corrected chi connectivity index (χ0v) is 11.4. The summed E-state index contributed by atoms with van der Waals surface area (Å²) < 4.78 is 5.24. The SMILES string of the molecule is Cl.O=C(OCc1ccccc1)N1CCN[C@H](CO)C1. The van der Waals surface area contributed by atoms with Gasteiger partial charge in [0, 0.05) is 25.7 Å². The Bertz CT molecular complexity index is 389. The van der Waals surface area contributed by atoms with Crippen molar-refractivity contribution in [3.63, 3.8) is 0 Å². The summed E-state index contributed by atoms with van der Waals surface area (Å²) in [6, 6.07) is 9.53. The predicted molar refractivity (Wildman–Crippen MR) is 74.3 cm³/mol. The fourth-order valence-corrected chi connectivity index (χ4v) is 1.92. The molecule has 1 aliphatic heterocycles. The van der Waals surface area contributed by atoms with E-state index in [1.165, 1.54) is 0 Å². The van der Waals surface area contributed by atoms with Crippen LogP contribution < -0.4 is 5.32 Å². The summed E-state index contributed by atoms with van der Waals surface area (Å²) in [4.78, 5) is 13.5. The number of carbonyl (C=O) groups is 1. The molecule has 6 heteroatoms. The van der Waals surface area contributed by atoms with Crippen molar-refractivity contribution in [1.82, 2.24) is 10.2 Å². The highest BCUT2D eigenvalue weighted by Crippen LogP contribution is 2.05. The Hall–Kier alpha value is -1.30. The first-order valence-corrected chi connectivity index (χ1v) is 6.09. The Morgan fingerprint density at radius 3 is 2.84 bits per heavy atom. The van der Waals surface area contributed by atoms with Gasteiger partial charge in [-0.1, -0.05) is 30.3 Å². The quantitative estimate of drug-likeness (QED) is 0.871. The molecule has 2 N–H and O–H groups in total. The molecule has 0 aromatic heterocycles. The molecule has 1 heterocycles. The molecule has 0 spiro atoms. The smallest absolute Gasteiger partial charge is 0.410 e. The van der Waals surface area contributed by atoms with Crippen molar-refractivity contribution in [1.29, 1.82) is 0 Å². The van der Waals surface area contributed by atoms with Crippen LogP contribution in [0.25, 0.3) is 0 Å². The Morgan fingerprint density at radius 2 is 2.16 bits per heavy atom. The van der Waals surface area contributed by atoms with Gasteiger partial charge in [-0.15, -0.1) is 12.4 Å². The van der Waals surface area contributed by atoms with Gasteiger partial charge in [0.05, 0.1) is 6.61 Å². The lowest BCUT2D eigenvalue weighted by Gasteiger charge is -2.31. The van der Waals surface area contributed by atoms with Crippen LogP contribution in [-0.2, 0) is 11.3 Å². The summed E-state index contributed by atoms with van der Waals surface area (Å²) >= 11 is 0. The topological polar surface area (TPSA) is 61.8 Å². The number of hydrogen-bond donors (Lipinski definition) is 2. The number of nitrogens with one attached hydrogen (secondary N) is 1. The van der Waals surface area contributed by atoms with Crippen LogP contribution in [0.2, 0.25) is 0 Å². The number of aliphatic hydroxyl groups is 1. The van der Waals surface area contributed by atoms with Gasteiger partial charge in [0.2, 0.25) is 0 Å². The summed E-state index contributed by atoms with van der Waals surface area (Å²) in [5.74, 6) is 0.